The molecule has 0 N–H and O–H groups in total. The molecule has 1 aliphatic heterocycles. The molecule has 0 aromatic carbocycles. The van der Waals surface area contributed by atoms with E-state index < -0.39 is 0 Å². The van der Waals surface area contributed by atoms with Crippen LogP contribution in [0.15, 0.2) is 12.3 Å². The summed E-state index contributed by atoms with van der Waals surface area (Å²) in [5.41, 5.74) is 1.22. The van der Waals surface area contributed by atoms with Crippen LogP contribution in [0.1, 0.15) is 31.2 Å². The van der Waals surface area contributed by atoms with Gasteiger partial charge in [-0.25, -0.2) is 0 Å². The zero-order valence-electron chi connectivity index (χ0n) is 7.16. The van der Waals surface area contributed by atoms with Gasteiger partial charge in [-0.2, -0.15) is 5.10 Å². The molecular formula is C9H12N2O. The Morgan fingerprint density at radius 1 is 1.67 bits per heavy atom. The van der Waals surface area contributed by atoms with Gasteiger partial charge < -0.3 is 4.74 Å². The summed E-state index contributed by atoms with van der Waals surface area (Å²) in [5.74, 6) is 1.35. The molecule has 1 atom stereocenters. The summed E-state index contributed by atoms with van der Waals surface area (Å²) in [4.78, 5) is 0. The molecule has 1 aromatic heterocycles. The third-order valence-electron chi connectivity index (χ3n) is 2.35. The zero-order valence-corrected chi connectivity index (χ0v) is 7.16. The summed E-state index contributed by atoms with van der Waals surface area (Å²) in [7, 11) is 0. The van der Waals surface area contributed by atoms with E-state index in [9.17, 15) is 0 Å². The topological polar surface area (TPSA) is 35.0 Å². The minimum Gasteiger partial charge on any atom is -0.476 e. The van der Waals surface area contributed by atoms with Crippen LogP contribution in [-0.4, -0.2) is 16.8 Å². The van der Waals surface area contributed by atoms with Gasteiger partial charge in [-0.05, 0) is 24.8 Å². The summed E-state index contributed by atoms with van der Waals surface area (Å²) in [6.45, 7) is 2.98. The largest absolute Gasteiger partial charge is 0.476 e. The quantitative estimate of drug-likeness (QED) is 0.634. The Hall–Kier alpha value is -1.12. The number of aromatic nitrogens is 2. The number of rotatable bonds is 1. The van der Waals surface area contributed by atoms with Crippen molar-refractivity contribution >= 4 is 0 Å². The fourth-order valence-corrected chi connectivity index (χ4v) is 1.63. The normalized spacial score (nSPS) is 21.2. The van der Waals surface area contributed by atoms with Crippen molar-refractivity contribution in [2.45, 2.75) is 25.7 Å². The van der Waals surface area contributed by atoms with Crippen LogP contribution in [0.4, 0.5) is 0 Å². The van der Waals surface area contributed by atoms with Crippen LogP contribution < -0.4 is 4.74 Å². The first-order chi connectivity index (χ1) is 5.92. The second-order valence-corrected chi connectivity index (χ2v) is 3.03. The van der Waals surface area contributed by atoms with Crippen molar-refractivity contribution in [2.24, 2.45) is 0 Å². The van der Waals surface area contributed by atoms with Crippen molar-refractivity contribution in [1.82, 2.24) is 10.2 Å². The van der Waals surface area contributed by atoms with Gasteiger partial charge >= 0.3 is 0 Å². The van der Waals surface area contributed by atoms with E-state index in [-0.39, 0.29) is 0 Å². The van der Waals surface area contributed by atoms with E-state index in [0.29, 0.717) is 5.92 Å². The highest BCUT2D eigenvalue weighted by molar-refractivity contribution is 5.29. The maximum Gasteiger partial charge on any atom is 0.236 e. The molecule has 3 heteroatoms. The summed E-state index contributed by atoms with van der Waals surface area (Å²) in [6.07, 6.45) is 3.99. The lowest BCUT2D eigenvalue weighted by molar-refractivity contribution is 0.251. The molecule has 64 valence electrons. The van der Waals surface area contributed by atoms with Gasteiger partial charge in [0.15, 0.2) is 0 Å². The summed E-state index contributed by atoms with van der Waals surface area (Å²) >= 11 is 0. The van der Waals surface area contributed by atoms with Crippen LogP contribution in [0.5, 0.6) is 5.88 Å². The minimum absolute atomic E-state index is 0.615. The summed E-state index contributed by atoms with van der Waals surface area (Å²) in [5, 5.41) is 7.74. The van der Waals surface area contributed by atoms with Crippen LogP contribution in [0.25, 0.3) is 0 Å². The van der Waals surface area contributed by atoms with Crippen LogP contribution in [-0.2, 0) is 0 Å². The fourth-order valence-electron chi connectivity index (χ4n) is 1.63. The number of hydrogen-bond donors (Lipinski definition) is 0. The molecule has 0 spiro atoms. The van der Waals surface area contributed by atoms with Crippen molar-refractivity contribution in [3.8, 4) is 5.88 Å². The molecule has 0 amide bonds. The van der Waals surface area contributed by atoms with E-state index in [1.165, 1.54) is 5.56 Å². The van der Waals surface area contributed by atoms with Gasteiger partial charge in [-0.15, -0.1) is 5.10 Å². The molecule has 0 radical (unpaired) electrons. The van der Waals surface area contributed by atoms with Crippen molar-refractivity contribution < 1.29 is 4.74 Å². The molecule has 1 aromatic rings. The molecule has 0 fully saturated rings. The Morgan fingerprint density at radius 2 is 2.58 bits per heavy atom. The van der Waals surface area contributed by atoms with Crippen LogP contribution in [0.2, 0.25) is 0 Å². The van der Waals surface area contributed by atoms with E-state index in [1.54, 1.807) is 6.20 Å². The molecule has 2 heterocycles. The minimum atomic E-state index is 0.615. The molecule has 1 aliphatic rings. The van der Waals surface area contributed by atoms with Gasteiger partial charge in [-0.1, -0.05) is 6.92 Å². The van der Waals surface area contributed by atoms with Crippen molar-refractivity contribution in [1.29, 1.82) is 0 Å². The number of ether oxygens (including phenoxy) is 1. The molecule has 12 heavy (non-hydrogen) atoms. The van der Waals surface area contributed by atoms with Gasteiger partial charge in [0, 0.05) is 5.56 Å². The Labute approximate surface area is 71.8 Å². The maximum absolute atomic E-state index is 5.38. The van der Waals surface area contributed by atoms with Crippen LogP contribution in [0, 0.1) is 0 Å². The lowest BCUT2D eigenvalue weighted by Crippen LogP contribution is -2.15. The third-order valence-corrected chi connectivity index (χ3v) is 2.35. The molecular weight excluding hydrogens is 152 g/mol. The van der Waals surface area contributed by atoms with E-state index in [1.807, 2.05) is 6.07 Å². The molecule has 1 unspecified atom stereocenters. The first kappa shape index (κ1) is 7.53. The van der Waals surface area contributed by atoms with Gasteiger partial charge in [-0.3, -0.25) is 0 Å². The van der Waals surface area contributed by atoms with Crippen molar-refractivity contribution in [3.63, 3.8) is 0 Å². The van der Waals surface area contributed by atoms with Gasteiger partial charge in [0.05, 0.1) is 12.8 Å². The highest BCUT2D eigenvalue weighted by Gasteiger charge is 2.20. The van der Waals surface area contributed by atoms with Crippen molar-refractivity contribution in [3.05, 3.63) is 17.8 Å². The predicted molar refractivity (Wildman–Crippen MR) is 45.2 cm³/mol. The average Bonchev–Trinajstić information content (AvgIpc) is 2.17. The van der Waals surface area contributed by atoms with Gasteiger partial charge in [0.2, 0.25) is 5.88 Å². The molecule has 2 rings (SSSR count). The SMILES string of the molecule is CCC1CCOc2nnccc21. The molecule has 3 nitrogen and oxygen atoms in total. The molecule has 0 saturated heterocycles. The monoisotopic (exact) mass is 164 g/mol. The third kappa shape index (κ3) is 1.15. The van der Waals surface area contributed by atoms with Crippen LogP contribution >= 0.6 is 0 Å². The molecule has 0 saturated carbocycles. The zero-order chi connectivity index (χ0) is 8.39. The lowest BCUT2D eigenvalue weighted by atomic mass is 9.93. The summed E-state index contributed by atoms with van der Waals surface area (Å²) in [6, 6.07) is 2.01. The Balaban J connectivity index is 2.37. The Kier molecular flexibility index (Phi) is 1.94. The predicted octanol–water partition coefficient (Wildman–Crippen LogP) is 1.75. The molecule has 0 bridgehead atoms. The van der Waals surface area contributed by atoms with E-state index >= 15 is 0 Å². The number of fused-ring (bicyclic) bond motifs is 1. The van der Waals surface area contributed by atoms with Gasteiger partial charge in [0.25, 0.3) is 0 Å². The second-order valence-electron chi connectivity index (χ2n) is 3.03. The van der Waals surface area contributed by atoms with E-state index in [2.05, 4.69) is 17.1 Å². The standard InChI is InChI=1S/C9H12N2O/c1-2-7-4-6-12-9-8(7)3-5-10-11-9/h3,5,7H,2,4,6H2,1H3. The summed E-state index contributed by atoms with van der Waals surface area (Å²) < 4.78 is 5.38. The second kappa shape index (κ2) is 3.09. The number of hydrogen-bond acceptors (Lipinski definition) is 3. The fraction of sp³-hybridized carbons (Fsp3) is 0.556. The average molecular weight is 164 g/mol. The first-order valence-electron chi connectivity index (χ1n) is 4.36. The van der Waals surface area contributed by atoms with Crippen molar-refractivity contribution in [2.75, 3.05) is 6.61 Å². The highest BCUT2D eigenvalue weighted by Crippen LogP contribution is 2.32. The maximum atomic E-state index is 5.38. The lowest BCUT2D eigenvalue weighted by Gasteiger charge is -2.22. The molecule has 0 aliphatic carbocycles. The Bertz CT molecular complexity index is 275. The smallest absolute Gasteiger partial charge is 0.236 e. The van der Waals surface area contributed by atoms with E-state index in [4.69, 9.17) is 4.74 Å². The van der Waals surface area contributed by atoms with Crippen LogP contribution in [0.3, 0.4) is 0 Å². The van der Waals surface area contributed by atoms with E-state index in [0.717, 1.165) is 25.3 Å². The van der Waals surface area contributed by atoms with Gasteiger partial charge in [0.1, 0.15) is 0 Å². The first-order valence-corrected chi connectivity index (χ1v) is 4.36. The highest BCUT2D eigenvalue weighted by atomic mass is 16.5. The number of nitrogens with zero attached hydrogens (tertiary/aromatic N) is 2. The Morgan fingerprint density at radius 3 is 3.42 bits per heavy atom.